The first-order valence-electron chi connectivity index (χ1n) is 9.29. The number of rotatable bonds is 4. The predicted molar refractivity (Wildman–Crippen MR) is 104 cm³/mol. The number of aryl methyl sites for hydroxylation is 1. The third-order valence-electron chi connectivity index (χ3n) is 5.08. The quantitative estimate of drug-likeness (QED) is 0.788. The van der Waals surface area contributed by atoms with E-state index in [0.717, 1.165) is 35.0 Å². The van der Waals surface area contributed by atoms with Crippen LogP contribution in [0.2, 0.25) is 0 Å². The molecule has 1 aliphatic heterocycles. The average Bonchev–Trinajstić information content (AvgIpc) is 2.53. The van der Waals surface area contributed by atoms with Gasteiger partial charge in [-0.25, -0.2) is 0 Å². The molecular weight excluding hydrogens is 326 g/mol. The monoisotopic (exact) mass is 355 g/mol. The SMILES string of the molecule is Cc1ccc([C@@]2(NC(=O)CC(C)(C)O)CNC[C@@H](C)C2)c2cccnc12. The van der Waals surface area contributed by atoms with Gasteiger partial charge in [0.05, 0.1) is 23.1 Å². The highest BCUT2D eigenvalue weighted by Crippen LogP contribution is 2.36. The summed E-state index contributed by atoms with van der Waals surface area (Å²) in [6.07, 6.45) is 2.73. The second-order valence-electron chi connectivity index (χ2n) is 8.39. The summed E-state index contributed by atoms with van der Waals surface area (Å²) < 4.78 is 0. The molecule has 0 bridgehead atoms. The molecule has 1 aromatic heterocycles. The van der Waals surface area contributed by atoms with Gasteiger partial charge in [0.1, 0.15) is 0 Å². The molecule has 5 nitrogen and oxygen atoms in total. The van der Waals surface area contributed by atoms with Gasteiger partial charge in [0.25, 0.3) is 0 Å². The minimum absolute atomic E-state index is 0.0746. The summed E-state index contributed by atoms with van der Waals surface area (Å²) in [6, 6.07) is 8.21. The fraction of sp³-hybridized carbons (Fsp3) is 0.524. The molecule has 140 valence electrons. The predicted octanol–water partition coefficient (Wildman–Crippen LogP) is 2.65. The first-order chi connectivity index (χ1) is 12.2. The van der Waals surface area contributed by atoms with Crippen LogP contribution in [0.25, 0.3) is 10.9 Å². The molecule has 26 heavy (non-hydrogen) atoms. The summed E-state index contributed by atoms with van der Waals surface area (Å²) in [5.74, 6) is 0.297. The molecule has 1 fully saturated rings. The average molecular weight is 355 g/mol. The summed E-state index contributed by atoms with van der Waals surface area (Å²) in [5.41, 5.74) is 1.65. The smallest absolute Gasteiger partial charge is 0.223 e. The van der Waals surface area contributed by atoms with Crippen LogP contribution in [0, 0.1) is 12.8 Å². The second-order valence-corrected chi connectivity index (χ2v) is 8.39. The number of pyridine rings is 1. The van der Waals surface area contributed by atoms with Crippen LogP contribution in [-0.2, 0) is 10.3 Å². The standard InChI is InChI=1S/C21H29N3O2/c1-14-10-21(13-22-12-14,24-18(25)11-20(3,4)26)17-8-7-15(2)19-16(17)6-5-9-23-19/h5-9,14,22,26H,10-13H2,1-4H3,(H,24,25)/t14-,21-/m0/s1. The minimum atomic E-state index is -1.03. The normalized spacial score (nSPS) is 23.8. The van der Waals surface area contributed by atoms with E-state index in [4.69, 9.17) is 0 Å². The van der Waals surface area contributed by atoms with E-state index < -0.39 is 11.1 Å². The summed E-state index contributed by atoms with van der Waals surface area (Å²) >= 11 is 0. The Balaban J connectivity index is 2.08. The van der Waals surface area contributed by atoms with Crippen LogP contribution in [0.4, 0.5) is 0 Å². The van der Waals surface area contributed by atoms with Crippen LogP contribution in [-0.4, -0.2) is 34.7 Å². The van der Waals surface area contributed by atoms with Crippen LogP contribution < -0.4 is 10.6 Å². The number of aliphatic hydroxyl groups is 1. The minimum Gasteiger partial charge on any atom is -0.390 e. The van der Waals surface area contributed by atoms with Crippen molar-refractivity contribution in [2.24, 2.45) is 5.92 Å². The topological polar surface area (TPSA) is 74.2 Å². The van der Waals surface area contributed by atoms with Gasteiger partial charge in [0.15, 0.2) is 0 Å². The Labute approximate surface area is 155 Å². The third kappa shape index (κ3) is 3.89. The van der Waals surface area contributed by atoms with Gasteiger partial charge >= 0.3 is 0 Å². The van der Waals surface area contributed by atoms with Crippen LogP contribution >= 0.6 is 0 Å². The van der Waals surface area contributed by atoms with Gasteiger partial charge in [-0.1, -0.05) is 25.1 Å². The van der Waals surface area contributed by atoms with Crippen LogP contribution in [0.5, 0.6) is 0 Å². The van der Waals surface area contributed by atoms with E-state index in [-0.39, 0.29) is 12.3 Å². The number of carbonyl (C=O) groups excluding carboxylic acids is 1. The Morgan fingerprint density at radius 2 is 2.19 bits per heavy atom. The summed E-state index contributed by atoms with van der Waals surface area (Å²) in [7, 11) is 0. The summed E-state index contributed by atoms with van der Waals surface area (Å²) in [6.45, 7) is 9.17. The zero-order valence-corrected chi connectivity index (χ0v) is 16.1. The first kappa shape index (κ1) is 18.8. The Bertz CT molecular complexity index is 812. The number of hydrogen-bond acceptors (Lipinski definition) is 4. The number of nitrogens with zero attached hydrogens (tertiary/aromatic N) is 1. The molecule has 2 atom stereocenters. The van der Waals surface area contributed by atoms with Crippen molar-refractivity contribution < 1.29 is 9.90 Å². The Morgan fingerprint density at radius 1 is 1.42 bits per heavy atom. The fourth-order valence-electron chi connectivity index (χ4n) is 4.07. The van der Waals surface area contributed by atoms with Crippen molar-refractivity contribution in [3.05, 3.63) is 41.6 Å². The maximum absolute atomic E-state index is 12.7. The maximum atomic E-state index is 12.7. The number of aromatic nitrogens is 1. The molecule has 0 saturated carbocycles. The Kier molecular flexibility index (Phi) is 5.04. The van der Waals surface area contributed by atoms with Crippen molar-refractivity contribution in [2.75, 3.05) is 13.1 Å². The van der Waals surface area contributed by atoms with Gasteiger partial charge in [0.2, 0.25) is 5.91 Å². The molecule has 3 N–H and O–H groups in total. The first-order valence-corrected chi connectivity index (χ1v) is 9.29. The lowest BCUT2D eigenvalue weighted by Crippen LogP contribution is -2.57. The molecular formula is C21H29N3O2. The van der Waals surface area contributed by atoms with Gasteiger partial charge in [-0.3, -0.25) is 9.78 Å². The molecule has 2 aromatic rings. The van der Waals surface area contributed by atoms with E-state index in [1.54, 1.807) is 20.0 Å². The molecule has 1 saturated heterocycles. The van der Waals surface area contributed by atoms with E-state index in [2.05, 4.69) is 47.7 Å². The third-order valence-corrected chi connectivity index (χ3v) is 5.08. The number of benzene rings is 1. The van der Waals surface area contributed by atoms with E-state index in [1.807, 2.05) is 6.07 Å². The van der Waals surface area contributed by atoms with Crippen molar-refractivity contribution in [1.29, 1.82) is 0 Å². The molecule has 0 aliphatic carbocycles. The number of fused-ring (bicyclic) bond motifs is 1. The molecule has 0 radical (unpaired) electrons. The molecule has 5 heteroatoms. The zero-order valence-electron chi connectivity index (χ0n) is 16.1. The lowest BCUT2D eigenvalue weighted by molar-refractivity contribution is -0.127. The van der Waals surface area contributed by atoms with Crippen molar-refractivity contribution >= 4 is 16.8 Å². The van der Waals surface area contributed by atoms with E-state index in [9.17, 15) is 9.90 Å². The highest BCUT2D eigenvalue weighted by atomic mass is 16.3. The lowest BCUT2D eigenvalue weighted by atomic mass is 9.77. The molecule has 0 unspecified atom stereocenters. The van der Waals surface area contributed by atoms with E-state index >= 15 is 0 Å². The molecule has 1 amide bonds. The molecule has 1 aliphatic rings. The number of nitrogens with one attached hydrogen (secondary N) is 2. The van der Waals surface area contributed by atoms with Crippen molar-refractivity contribution in [1.82, 2.24) is 15.6 Å². The van der Waals surface area contributed by atoms with Gasteiger partial charge in [0, 0.05) is 18.1 Å². The Morgan fingerprint density at radius 3 is 2.88 bits per heavy atom. The van der Waals surface area contributed by atoms with Gasteiger partial charge < -0.3 is 15.7 Å². The maximum Gasteiger partial charge on any atom is 0.223 e. The lowest BCUT2D eigenvalue weighted by Gasteiger charge is -2.42. The number of hydrogen-bond donors (Lipinski definition) is 3. The van der Waals surface area contributed by atoms with Crippen molar-refractivity contribution in [2.45, 2.75) is 51.7 Å². The molecule has 3 rings (SSSR count). The van der Waals surface area contributed by atoms with Crippen LogP contribution in [0.15, 0.2) is 30.5 Å². The molecule has 0 spiro atoms. The Hall–Kier alpha value is -1.98. The van der Waals surface area contributed by atoms with Gasteiger partial charge in [-0.15, -0.1) is 0 Å². The van der Waals surface area contributed by atoms with Gasteiger partial charge in [-0.2, -0.15) is 0 Å². The second kappa shape index (κ2) is 6.97. The molecule has 1 aromatic carbocycles. The summed E-state index contributed by atoms with van der Waals surface area (Å²) in [5, 5.41) is 17.9. The fourth-order valence-corrected chi connectivity index (χ4v) is 4.07. The highest BCUT2D eigenvalue weighted by Gasteiger charge is 2.39. The van der Waals surface area contributed by atoms with Crippen molar-refractivity contribution in [3.8, 4) is 0 Å². The number of piperidine rings is 1. The summed E-state index contributed by atoms with van der Waals surface area (Å²) in [4.78, 5) is 17.3. The van der Waals surface area contributed by atoms with Gasteiger partial charge in [-0.05, 0) is 56.8 Å². The number of amides is 1. The van der Waals surface area contributed by atoms with Crippen LogP contribution in [0.1, 0.15) is 44.7 Å². The van der Waals surface area contributed by atoms with E-state index in [1.165, 1.54) is 0 Å². The zero-order chi connectivity index (χ0) is 18.9. The number of carbonyl (C=O) groups is 1. The highest BCUT2D eigenvalue weighted by molar-refractivity contribution is 5.87. The van der Waals surface area contributed by atoms with E-state index in [0.29, 0.717) is 12.5 Å². The largest absolute Gasteiger partial charge is 0.390 e. The van der Waals surface area contributed by atoms with Crippen LogP contribution in [0.3, 0.4) is 0 Å². The molecule has 2 heterocycles. The van der Waals surface area contributed by atoms with Crippen molar-refractivity contribution in [3.63, 3.8) is 0 Å².